The molecule has 0 aliphatic rings. The van der Waals surface area contributed by atoms with E-state index < -0.39 is 0 Å². The molecule has 1 aromatic heterocycles. The number of carbonyl (C=O) groups excluding carboxylic acids is 1. The molecule has 4 aromatic rings. The first kappa shape index (κ1) is 21.6. The molecule has 4 rings (SSSR count). The number of hydrogen-bond acceptors (Lipinski definition) is 5. The molecule has 0 aliphatic heterocycles. The molecule has 2 N–H and O–H groups in total. The van der Waals surface area contributed by atoms with Gasteiger partial charge in [-0.2, -0.15) is 0 Å². The summed E-state index contributed by atoms with van der Waals surface area (Å²) in [5.74, 6) is 0.502. The average Bonchev–Trinajstić information content (AvgIpc) is 3.17. The Hall–Kier alpha value is -2.58. The Balaban J connectivity index is 1.36. The third-order valence-corrected chi connectivity index (χ3v) is 5.86. The van der Waals surface area contributed by atoms with Gasteiger partial charge >= 0.3 is 0 Å². The lowest BCUT2D eigenvalue weighted by atomic mass is 10.2. The molecular weight excluding hydrogens is 473 g/mol. The minimum atomic E-state index is -0.205. The first-order chi connectivity index (χ1) is 15.0. The molecule has 0 aliphatic carbocycles. The number of aromatic nitrogens is 1. The van der Waals surface area contributed by atoms with Crippen LogP contribution >= 0.6 is 47.2 Å². The van der Waals surface area contributed by atoms with Gasteiger partial charge in [0.15, 0.2) is 10.7 Å². The van der Waals surface area contributed by atoms with Gasteiger partial charge in [0.25, 0.3) is 0 Å². The topological polar surface area (TPSA) is 67.2 Å². The van der Waals surface area contributed by atoms with Crippen LogP contribution in [-0.2, 0) is 4.79 Å². The summed E-state index contributed by atoms with van der Waals surface area (Å²) in [6.07, 6.45) is 0. The van der Waals surface area contributed by atoms with E-state index in [4.69, 9.17) is 39.8 Å². The largest absolute Gasteiger partial charge is 0.436 e. The highest BCUT2D eigenvalue weighted by Gasteiger charge is 2.11. The van der Waals surface area contributed by atoms with E-state index in [9.17, 15) is 4.79 Å². The van der Waals surface area contributed by atoms with Gasteiger partial charge in [-0.05, 0) is 72.9 Å². The average molecular weight is 488 g/mol. The van der Waals surface area contributed by atoms with Gasteiger partial charge in [-0.3, -0.25) is 4.79 Å². The number of anilines is 1. The third-order valence-electron chi connectivity index (χ3n) is 4.15. The number of amides is 1. The molecule has 1 amide bonds. The summed E-state index contributed by atoms with van der Waals surface area (Å²) >= 11 is 18.6. The van der Waals surface area contributed by atoms with Crippen LogP contribution in [-0.4, -0.2) is 21.8 Å². The molecule has 0 saturated carbocycles. The van der Waals surface area contributed by atoms with Crippen molar-refractivity contribution in [3.63, 3.8) is 0 Å². The van der Waals surface area contributed by atoms with Crippen molar-refractivity contribution in [2.45, 2.75) is 4.90 Å². The number of halogens is 2. The quantitative estimate of drug-likeness (QED) is 0.250. The Morgan fingerprint density at radius 3 is 2.61 bits per heavy atom. The van der Waals surface area contributed by atoms with Crippen molar-refractivity contribution in [1.82, 2.24) is 10.3 Å². The minimum Gasteiger partial charge on any atom is -0.436 e. The Labute approximate surface area is 198 Å². The molecule has 0 saturated heterocycles. The van der Waals surface area contributed by atoms with Crippen molar-refractivity contribution in [3.05, 3.63) is 76.8 Å². The van der Waals surface area contributed by atoms with E-state index in [-0.39, 0.29) is 16.8 Å². The lowest BCUT2D eigenvalue weighted by Gasteiger charge is -2.09. The van der Waals surface area contributed by atoms with Crippen molar-refractivity contribution >= 4 is 75.0 Å². The number of fused-ring (bicyclic) bond motifs is 1. The normalized spacial score (nSPS) is 10.8. The summed E-state index contributed by atoms with van der Waals surface area (Å²) in [7, 11) is 0. The lowest BCUT2D eigenvalue weighted by Crippen LogP contribution is -2.35. The Kier molecular flexibility index (Phi) is 6.77. The maximum atomic E-state index is 12.2. The molecule has 0 fully saturated rings. The Morgan fingerprint density at radius 2 is 1.84 bits per heavy atom. The number of nitrogens with zero attached hydrogens (tertiary/aromatic N) is 1. The van der Waals surface area contributed by atoms with E-state index in [0.717, 1.165) is 10.5 Å². The SMILES string of the molecule is O=C(CSc1ccc(Cl)cc1)NC(=S)Nc1ccc2oc(-c3cccc(Cl)c3)nc2c1. The number of nitrogens with one attached hydrogen (secondary N) is 2. The maximum absolute atomic E-state index is 12.2. The summed E-state index contributed by atoms with van der Waals surface area (Å²) in [4.78, 5) is 17.6. The molecule has 0 unspecified atom stereocenters. The third kappa shape index (κ3) is 5.77. The Bertz CT molecular complexity index is 1260. The fraction of sp³-hybridized carbons (Fsp3) is 0.0455. The van der Waals surface area contributed by atoms with Crippen LogP contribution in [0.4, 0.5) is 5.69 Å². The second-order valence-corrected chi connectivity index (χ2v) is 8.79. The van der Waals surface area contributed by atoms with Crippen LogP contribution in [0.15, 0.2) is 76.0 Å². The van der Waals surface area contributed by atoms with E-state index in [1.165, 1.54) is 11.8 Å². The number of carbonyl (C=O) groups is 1. The van der Waals surface area contributed by atoms with Crippen LogP contribution in [0.25, 0.3) is 22.6 Å². The molecular formula is C22H15Cl2N3O2S2. The van der Waals surface area contributed by atoms with Crippen molar-refractivity contribution in [2.75, 3.05) is 11.1 Å². The standard InChI is InChI=1S/C22H15Cl2N3O2S2/c23-14-4-7-17(8-5-14)31-12-20(28)27-22(30)25-16-6-9-19-18(11-16)26-21(29-19)13-2-1-3-15(24)10-13/h1-11H,12H2,(H2,25,27,28,30). The minimum absolute atomic E-state index is 0.205. The molecule has 3 aromatic carbocycles. The van der Waals surface area contributed by atoms with E-state index in [2.05, 4.69) is 15.6 Å². The van der Waals surface area contributed by atoms with E-state index >= 15 is 0 Å². The molecule has 0 spiro atoms. The van der Waals surface area contributed by atoms with Gasteiger partial charge in [0.2, 0.25) is 11.8 Å². The summed E-state index contributed by atoms with van der Waals surface area (Å²) in [6.45, 7) is 0. The second kappa shape index (κ2) is 9.70. The predicted octanol–water partition coefficient (Wildman–Crippen LogP) is 6.41. The smallest absolute Gasteiger partial charge is 0.236 e. The molecule has 0 atom stereocenters. The molecule has 1 heterocycles. The van der Waals surface area contributed by atoms with Gasteiger partial charge in [-0.15, -0.1) is 11.8 Å². The van der Waals surface area contributed by atoms with Crippen molar-refractivity contribution < 1.29 is 9.21 Å². The number of hydrogen-bond donors (Lipinski definition) is 2. The zero-order chi connectivity index (χ0) is 21.8. The predicted molar refractivity (Wildman–Crippen MR) is 131 cm³/mol. The van der Waals surface area contributed by atoms with Crippen LogP contribution < -0.4 is 10.6 Å². The van der Waals surface area contributed by atoms with Gasteiger partial charge in [0.05, 0.1) is 5.75 Å². The van der Waals surface area contributed by atoms with E-state index in [1.54, 1.807) is 42.5 Å². The first-order valence-corrected chi connectivity index (χ1v) is 11.3. The highest BCUT2D eigenvalue weighted by molar-refractivity contribution is 8.00. The van der Waals surface area contributed by atoms with Crippen LogP contribution in [0, 0.1) is 0 Å². The zero-order valence-corrected chi connectivity index (χ0v) is 19.0. The second-order valence-electron chi connectivity index (χ2n) is 6.46. The highest BCUT2D eigenvalue weighted by atomic mass is 35.5. The molecule has 31 heavy (non-hydrogen) atoms. The van der Waals surface area contributed by atoms with Gasteiger partial charge in [0, 0.05) is 26.2 Å². The lowest BCUT2D eigenvalue weighted by molar-refractivity contribution is -0.117. The van der Waals surface area contributed by atoms with Crippen LogP contribution in [0.5, 0.6) is 0 Å². The summed E-state index contributed by atoms with van der Waals surface area (Å²) in [6, 6.07) is 20.0. The van der Waals surface area contributed by atoms with Crippen molar-refractivity contribution in [3.8, 4) is 11.5 Å². The number of oxazole rings is 1. The van der Waals surface area contributed by atoms with E-state index in [1.807, 2.05) is 24.3 Å². The van der Waals surface area contributed by atoms with Crippen molar-refractivity contribution in [1.29, 1.82) is 0 Å². The highest BCUT2D eigenvalue weighted by Crippen LogP contribution is 2.27. The monoisotopic (exact) mass is 487 g/mol. The first-order valence-electron chi connectivity index (χ1n) is 9.12. The summed E-state index contributed by atoms with van der Waals surface area (Å²) in [5.41, 5.74) is 2.77. The molecule has 0 radical (unpaired) electrons. The number of rotatable bonds is 5. The maximum Gasteiger partial charge on any atom is 0.236 e. The van der Waals surface area contributed by atoms with Crippen LogP contribution in [0.2, 0.25) is 10.0 Å². The van der Waals surface area contributed by atoms with Crippen LogP contribution in [0.3, 0.4) is 0 Å². The number of thiocarbonyl (C=S) groups is 1. The van der Waals surface area contributed by atoms with E-state index in [0.29, 0.717) is 32.7 Å². The number of thioether (sulfide) groups is 1. The van der Waals surface area contributed by atoms with Gasteiger partial charge in [0.1, 0.15) is 5.52 Å². The molecule has 156 valence electrons. The number of benzene rings is 3. The zero-order valence-electron chi connectivity index (χ0n) is 15.9. The van der Waals surface area contributed by atoms with Crippen molar-refractivity contribution in [2.24, 2.45) is 0 Å². The van der Waals surface area contributed by atoms with Gasteiger partial charge in [-0.25, -0.2) is 4.98 Å². The van der Waals surface area contributed by atoms with Gasteiger partial charge in [-0.1, -0.05) is 29.3 Å². The van der Waals surface area contributed by atoms with Gasteiger partial charge < -0.3 is 15.1 Å². The fourth-order valence-electron chi connectivity index (χ4n) is 2.75. The Morgan fingerprint density at radius 1 is 1.03 bits per heavy atom. The molecule has 0 bridgehead atoms. The summed E-state index contributed by atoms with van der Waals surface area (Å²) < 4.78 is 5.80. The summed E-state index contributed by atoms with van der Waals surface area (Å²) in [5, 5.41) is 7.14. The van der Waals surface area contributed by atoms with Crippen LogP contribution in [0.1, 0.15) is 0 Å². The fourth-order valence-corrected chi connectivity index (χ4v) is 4.00. The molecule has 9 heteroatoms. The molecule has 5 nitrogen and oxygen atoms in total.